The molecule has 2 amide bonds. The predicted molar refractivity (Wildman–Crippen MR) is 113 cm³/mol. The van der Waals surface area contributed by atoms with Gasteiger partial charge in [-0.1, -0.05) is 6.07 Å². The first-order valence-corrected chi connectivity index (χ1v) is 11.8. The maximum Gasteiger partial charge on any atom is 0.338 e. The summed E-state index contributed by atoms with van der Waals surface area (Å²) in [6, 6.07) is 10.7. The summed E-state index contributed by atoms with van der Waals surface area (Å²) in [5, 5.41) is 5.28. The van der Waals surface area contributed by atoms with Crippen molar-refractivity contribution in [2.75, 3.05) is 28.7 Å². The summed E-state index contributed by atoms with van der Waals surface area (Å²) in [4.78, 5) is 36.2. The first kappa shape index (κ1) is 21.8. The molecule has 0 bridgehead atoms. The van der Waals surface area contributed by atoms with E-state index >= 15 is 0 Å². The second-order valence-corrected chi connectivity index (χ2v) is 9.54. The Morgan fingerprint density at radius 3 is 2.77 bits per heavy atom. The van der Waals surface area contributed by atoms with E-state index < -0.39 is 21.7 Å². The first-order valence-electron chi connectivity index (χ1n) is 9.15. The minimum absolute atomic E-state index is 0.0991. The summed E-state index contributed by atoms with van der Waals surface area (Å²) in [6.45, 7) is 1.93. The molecule has 10 heteroatoms. The van der Waals surface area contributed by atoms with Crippen LogP contribution in [0, 0.1) is 0 Å². The molecule has 0 saturated heterocycles. The van der Waals surface area contributed by atoms with Crippen LogP contribution in [0.15, 0.2) is 52.3 Å². The maximum absolute atomic E-state index is 12.6. The van der Waals surface area contributed by atoms with Gasteiger partial charge in [-0.3, -0.25) is 9.59 Å². The highest BCUT2D eigenvalue weighted by Crippen LogP contribution is 2.33. The third-order valence-electron chi connectivity index (χ3n) is 4.20. The zero-order chi connectivity index (χ0) is 21.7. The molecule has 0 aliphatic carbocycles. The van der Waals surface area contributed by atoms with Crippen LogP contribution in [0.4, 0.5) is 11.4 Å². The van der Waals surface area contributed by atoms with E-state index in [2.05, 4.69) is 10.6 Å². The van der Waals surface area contributed by atoms with E-state index in [1.807, 2.05) is 0 Å². The zero-order valence-electron chi connectivity index (χ0n) is 16.1. The van der Waals surface area contributed by atoms with Gasteiger partial charge < -0.3 is 15.4 Å². The fraction of sp³-hybridized carbons (Fsp3) is 0.250. The van der Waals surface area contributed by atoms with Gasteiger partial charge in [0.1, 0.15) is 0 Å². The fourth-order valence-electron chi connectivity index (χ4n) is 2.76. The lowest BCUT2D eigenvalue weighted by Gasteiger charge is -2.17. The van der Waals surface area contributed by atoms with E-state index in [4.69, 9.17) is 4.74 Å². The highest BCUT2D eigenvalue weighted by Gasteiger charge is 2.21. The minimum atomic E-state index is -3.68. The van der Waals surface area contributed by atoms with E-state index in [9.17, 15) is 22.8 Å². The lowest BCUT2D eigenvalue weighted by atomic mass is 10.2. The molecule has 8 nitrogen and oxygen atoms in total. The number of ether oxygens (including phenoxy) is 1. The molecule has 0 atom stereocenters. The van der Waals surface area contributed by atoms with Gasteiger partial charge in [-0.15, -0.1) is 11.8 Å². The molecule has 1 heterocycles. The van der Waals surface area contributed by atoms with Gasteiger partial charge in [0.25, 0.3) is 0 Å². The normalized spacial score (nSPS) is 13.2. The average molecular weight is 449 g/mol. The van der Waals surface area contributed by atoms with E-state index in [0.29, 0.717) is 21.8 Å². The van der Waals surface area contributed by atoms with Crippen molar-refractivity contribution in [2.24, 2.45) is 0 Å². The number of thioether (sulfide) groups is 1. The summed E-state index contributed by atoms with van der Waals surface area (Å²) < 4.78 is 30.2. The molecule has 2 N–H and O–H groups in total. The van der Waals surface area contributed by atoms with Crippen molar-refractivity contribution in [1.82, 2.24) is 0 Å². The molecule has 1 aliphatic heterocycles. The third-order valence-corrected chi connectivity index (χ3v) is 6.97. The Hall–Kier alpha value is -2.85. The van der Waals surface area contributed by atoms with E-state index in [1.54, 1.807) is 31.2 Å². The number of hydrogen-bond donors (Lipinski definition) is 2. The number of carbonyl (C=O) groups excluding carboxylic acids is 3. The highest BCUT2D eigenvalue weighted by molar-refractivity contribution is 8.00. The molecular formula is C20H20N2O6S2. The number of amides is 2. The van der Waals surface area contributed by atoms with Crippen molar-refractivity contribution < 1.29 is 27.5 Å². The Bertz CT molecular complexity index is 1100. The van der Waals surface area contributed by atoms with Crippen LogP contribution in [-0.2, 0) is 24.2 Å². The number of benzene rings is 2. The largest absolute Gasteiger partial charge is 0.462 e. The number of hydrogen-bond acceptors (Lipinski definition) is 7. The van der Waals surface area contributed by atoms with Gasteiger partial charge in [-0.25, -0.2) is 13.2 Å². The molecule has 30 heavy (non-hydrogen) atoms. The van der Waals surface area contributed by atoms with Gasteiger partial charge in [0, 0.05) is 17.0 Å². The number of rotatable bonds is 7. The van der Waals surface area contributed by atoms with Crippen molar-refractivity contribution in [3.8, 4) is 0 Å². The van der Waals surface area contributed by atoms with Gasteiger partial charge in [-0.05, 0) is 43.3 Å². The third kappa shape index (κ3) is 5.39. The Kier molecular flexibility index (Phi) is 6.78. The van der Waals surface area contributed by atoms with E-state index in [-0.39, 0.29) is 35.3 Å². The lowest BCUT2D eigenvalue weighted by Crippen LogP contribution is -2.20. The Labute approximate surface area is 178 Å². The molecule has 0 fully saturated rings. The average Bonchev–Trinajstić information content (AvgIpc) is 2.72. The van der Waals surface area contributed by atoms with Crippen LogP contribution in [0.3, 0.4) is 0 Å². The maximum atomic E-state index is 12.6. The topological polar surface area (TPSA) is 119 Å². The number of esters is 1. The number of anilines is 2. The molecule has 0 unspecified atom stereocenters. The van der Waals surface area contributed by atoms with E-state index in [1.165, 1.54) is 30.0 Å². The van der Waals surface area contributed by atoms with Crippen molar-refractivity contribution in [3.05, 3.63) is 48.0 Å². The Balaban J connectivity index is 1.62. The van der Waals surface area contributed by atoms with Crippen LogP contribution in [0.5, 0.6) is 0 Å². The Morgan fingerprint density at radius 2 is 2.00 bits per heavy atom. The number of fused-ring (bicyclic) bond motifs is 1. The molecule has 158 valence electrons. The number of nitrogens with one attached hydrogen (secondary N) is 2. The Morgan fingerprint density at radius 1 is 1.20 bits per heavy atom. The summed E-state index contributed by atoms with van der Waals surface area (Å²) in [5.74, 6) is -1.26. The van der Waals surface area contributed by atoms with Crippen LogP contribution in [0.1, 0.15) is 23.7 Å². The summed E-state index contributed by atoms with van der Waals surface area (Å²) in [5.41, 5.74) is 1.25. The molecule has 2 aromatic carbocycles. The van der Waals surface area contributed by atoms with Crippen LogP contribution >= 0.6 is 11.8 Å². The second-order valence-electron chi connectivity index (χ2n) is 6.41. The first-order chi connectivity index (χ1) is 14.3. The van der Waals surface area contributed by atoms with Crippen LogP contribution < -0.4 is 10.6 Å². The fourth-order valence-corrected chi connectivity index (χ4v) is 4.94. The van der Waals surface area contributed by atoms with Crippen molar-refractivity contribution in [3.63, 3.8) is 0 Å². The molecule has 2 aromatic rings. The summed E-state index contributed by atoms with van der Waals surface area (Å²) in [6.07, 6.45) is -0.243. The molecule has 3 rings (SSSR count). The van der Waals surface area contributed by atoms with Crippen LogP contribution in [-0.4, -0.2) is 44.3 Å². The summed E-state index contributed by atoms with van der Waals surface area (Å²) in [7, 11) is -3.68. The lowest BCUT2D eigenvalue weighted by molar-refractivity contribution is -0.116. The predicted octanol–water partition coefficient (Wildman–Crippen LogP) is 2.71. The second kappa shape index (κ2) is 9.31. The van der Waals surface area contributed by atoms with Gasteiger partial charge in [0.2, 0.25) is 11.8 Å². The molecule has 0 saturated carbocycles. The molecular weight excluding hydrogens is 428 g/mol. The molecule has 0 radical (unpaired) electrons. The van der Waals surface area contributed by atoms with Gasteiger partial charge in [0.05, 0.1) is 34.3 Å². The van der Waals surface area contributed by atoms with Crippen LogP contribution in [0.2, 0.25) is 0 Å². The van der Waals surface area contributed by atoms with Gasteiger partial charge in [0.15, 0.2) is 9.84 Å². The van der Waals surface area contributed by atoms with Gasteiger partial charge >= 0.3 is 5.97 Å². The van der Waals surface area contributed by atoms with E-state index in [0.717, 1.165) is 0 Å². The zero-order valence-corrected chi connectivity index (χ0v) is 17.8. The van der Waals surface area contributed by atoms with Crippen molar-refractivity contribution in [2.45, 2.75) is 23.1 Å². The molecule has 0 spiro atoms. The standard InChI is InChI=1S/C20H20N2O6S2/c1-2-28-20(25)13-4-3-5-14(10-13)21-18(23)8-9-30(26,27)15-6-7-16-17(11-15)29-12-19(24)22-16/h3-7,10-11H,2,8-9,12H2,1H3,(H,21,23)(H,22,24). The number of sulfone groups is 1. The van der Waals surface area contributed by atoms with Crippen molar-refractivity contribution in [1.29, 1.82) is 0 Å². The quantitative estimate of drug-likeness (QED) is 0.625. The van der Waals surface area contributed by atoms with Crippen LogP contribution in [0.25, 0.3) is 0 Å². The highest BCUT2D eigenvalue weighted by atomic mass is 32.2. The smallest absolute Gasteiger partial charge is 0.338 e. The molecule has 1 aliphatic rings. The minimum Gasteiger partial charge on any atom is -0.462 e. The van der Waals surface area contributed by atoms with Crippen molar-refractivity contribution >= 4 is 50.8 Å². The van der Waals surface area contributed by atoms with Gasteiger partial charge in [-0.2, -0.15) is 0 Å². The SMILES string of the molecule is CCOC(=O)c1cccc(NC(=O)CCS(=O)(=O)c2ccc3c(c2)SCC(=O)N3)c1. The molecule has 0 aromatic heterocycles. The monoisotopic (exact) mass is 448 g/mol. The summed E-state index contributed by atoms with van der Waals surface area (Å²) >= 11 is 1.27. The number of carbonyl (C=O) groups is 3.